The largest absolute Gasteiger partial charge is 0.433 e. The highest BCUT2D eigenvalue weighted by Gasteiger charge is 2.33. The van der Waals surface area contributed by atoms with Crippen LogP contribution in [-0.2, 0) is 6.18 Å². The minimum Gasteiger partial charge on any atom is -0.213 e. The third-order valence-corrected chi connectivity index (χ3v) is 4.76. The van der Waals surface area contributed by atoms with Crippen molar-refractivity contribution in [1.82, 2.24) is 20.2 Å². The summed E-state index contributed by atoms with van der Waals surface area (Å²) in [6, 6.07) is 0.830. The quantitative estimate of drug-likeness (QED) is 0.478. The summed E-state index contributed by atoms with van der Waals surface area (Å²) in [5, 5.41) is 7.29. The van der Waals surface area contributed by atoms with Crippen molar-refractivity contribution in [3.63, 3.8) is 0 Å². The Morgan fingerprint density at radius 1 is 1.21 bits per heavy atom. The van der Waals surface area contributed by atoms with E-state index in [0.29, 0.717) is 4.34 Å². The van der Waals surface area contributed by atoms with Crippen molar-refractivity contribution >= 4 is 46.5 Å². The van der Waals surface area contributed by atoms with Gasteiger partial charge in [-0.15, -0.1) is 10.2 Å². The second-order valence-corrected chi connectivity index (χ2v) is 6.63. The summed E-state index contributed by atoms with van der Waals surface area (Å²) in [5.41, 5.74) is -1.08. The van der Waals surface area contributed by atoms with E-state index >= 15 is 0 Å². The first-order valence-corrected chi connectivity index (χ1v) is 7.79. The molecule has 4 nitrogen and oxygen atoms in total. The maximum absolute atomic E-state index is 12.6. The number of hydrogen-bond donors (Lipinski definition) is 0. The van der Waals surface area contributed by atoms with Gasteiger partial charge in [0.1, 0.15) is 5.03 Å². The van der Waals surface area contributed by atoms with E-state index in [2.05, 4.69) is 20.2 Å². The normalized spacial score (nSPS) is 11.8. The first kappa shape index (κ1) is 14.8. The van der Waals surface area contributed by atoms with Crippen molar-refractivity contribution in [2.75, 3.05) is 6.26 Å². The number of alkyl halides is 3. The summed E-state index contributed by atoms with van der Waals surface area (Å²) in [5.74, 6) is 0. The van der Waals surface area contributed by atoms with Crippen LogP contribution in [0, 0.1) is 0 Å². The van der Waals surface area contributed by atoms with Crippen molar-refractivity contribution in [2.45, 2.75) is 19.9 Å². The van der Waals surface area contributed by atoms with Gasteiger partial charge in [0.15, 0.2) is 14.4 Å². The molecule has 19 heavy (non-hydrogen) atoms. The lowest BCUT2D eigenvalue weighted by atomic mass is 10.4. The lowest BCUT2D eigenvalue weighted by Gasteiger charge is -2.06. The van der Waals surface area contributed by atoms with E-state index in [4.69, 9.17) is 11.6 Å². The van der Waals surface area contributed by atoms with Crippen molar-refractivity contribution in [1.29, 1.82) is 0 Å². The number of hydrogen-bond acceptors (Lipinski definition) is 7. The van der Waals surface area contributed by atoms with Crippen molar-refractivity contribution in [3.8, 4) is 0 Å². The van der Waals surface area contributed by atoms with Crippen LogP contribution in [0.2, 0.25) is 5.28 Å². The Bertz CT molecular complexity index is 589. The fourth-order valence-electron chi connectivity index (χ4n) is 1.00. The Labute approximate surface area is 123 Å². The van der Waals surface area contributed by atoms with Crippen LogP contribution in [0.4, 0.5) is 13.2 Å². The molecule has 2 rings (SSSR count). The molecule has 0 saturated heterocycles. The zero-order chi connectivity index (χ0) is 14.0. The Hall–Kier alpha value is -0.580. The Kier molecular flexibility index (Phi) is 4.54. The van der Waals surface area contributed by atoms with Crippen molar-refractivity contribution in [3.05, 3.63) is 17.0 Å². The second kappa shape index (κ2) is 5.81. The first-order valence-electron chi connectivity index (χ1n) is 4.55. The summed E-state index contributed by atoms with van der Waals surface area (Å²) >= 11 is 9.12. The van der Waals surface area contributed by atoms with Gasteiger partial charge in [0.2, 0.25) is 5.28 Å². The average molecular weight is 345 g/mol. The van der Waals surface area contributed by atoms with Gasteiger partial charge >= 0.3 is 6.18 Å². The number of nitrogens with zero attached hydrogens (tertiary/aromatic N) is 4. The zero-order valence-electron chi connectivity index (χ0n) is 9.10. The van der Waals surface area contributed by atoms with Crippen LogP contribution in [0.3, 0.4) is 0 Å². The fourth-order valence-corrected chi connectivity index (χ4v) is 3.62. The summed E-state index contributed by atoms with van der Waals surface area (Å²) in [6.07, 6.45) is -2.73. The van der Waals surface area contributed by atoms with E-state index in [9.17, 15) is 13.2 Å². The molecule has 0 amide bonds. The molecule has 2 aromatic heterocycles. The Morgan fingerprint density at radius 2 is 1.89 bits per heavy atom. The van der Waals surface area contributed by atoms with Crippen LogP contribution >= 0.6 is 46.5 Å². The highest BCUT2D eigenvalue weighted by molar-refractivity contribution is 8.02. The highest BCUT2D eigenvalue weighted by atomic mass is 35.5. The van der Waals surface area contributed by atoms with Crippen LogP contribution in [0.5, 0.6) is 0 Å². The molecule has 0 aliphatic carbocycles. The SMILES string of the molecule is CSc1nnc(Sc2cc(C(F)(F)F)nc(Cl)n2)s1. The maximum Gasteiger partial charge on any atom is 0.433 e. The summed E-state index contributed by atoms with van der Waals surface area (Å²) in [4.78, 5) is 6.87. The third kappa shape index (κ3) is 3.94. The molecule has 0 bridgehead atoms. The van der Waals surface area contributed by atoms with Gasteiger partial charge in [-0.2, -0.15) is 13.2 Å². The molecule has 0 aromatic carbocycles. The molecule has 0 saturated carbocycles. The minimum absolute atomic E-state index is 0.0797. The standard InChI is InChI=1S/C8H4ClF3N4S3/c1-17-6-15-16-7(19-6)18-4-2-3(8(10,11)12)13-5(9)14-4/h2H,1H3. The third-order valence-electron chi connectivity index (χ3n) is 1.72. The van der Waals surface area contributed by atoms with E-state index in [1.165, 1.54) is 23.1 Å². The summed E-state index contributed by atoms with van der Waals surface area (Å²) < 4.78 is 38.9. The minimum atomic E-state index is -4.56. The van der Waals surface area contributed by atoms with E-state index in [1.54, 1.807) is 0 Å². The van der Waals surface area contributed by atoms with E-state index < -0.39 is 17.2 Å². The van der Waals surface area contributed by atoms with Crippen LogP contribution in [0.25, 0.3) is 0 Å². The zero-order valence-corrected chi connectivity index (χ0v) is 12.3. The average Bonchev–Trinajstić information content (AvgIpc) is 2.75. The highest BCUT2D eigenvalue weighted by Crippen LogP contribution is 2.35. The molecule has 2 heterocycles. The van der Waals surface area contributed by atoms with Gasteiger partial charge < -0.3 is 0 Å². The van der Waals surface area contributed by atoms with E-state index in [1.807, 2.05) is 6.26 Å². The lowest BCUT2D eigenvalue weighted by Crippen LogP contribution is -2.09. The molecule has 0 radical (unpaired) electrons. The van der Waals surface area contributed by atoms with Gasteiger partial charge in [-0.1, -0.05) is 23.1 Å². The smallest absolute Gasteiger partial charge is 0.213 e. The summed E-state index contributed by atoms with van der Waals surface area (Å²) in [6.45, 7) is 0. The molecule has 2 aromatic rings. The fraction of sp³-hybridized carbons (Fsp3) is 0.250. The molecular formula is C8H4ClF3N4S3. The second-order valence-electron chi connectivity index (χ2n) is 3.00. The monoisotopic (exact) mass is 344 g/mol. The van der Waals surface area contributed by atoms with Gasteiger partial charge in [0.05, 0.1) is 0 Å². The molecule has 0 unspecified atom stereocenters. The van der Waals surface area contributed by atoms with Crippen molar-refractivity contribution < 1.29 is 13.2 Å². The number of halogens is 4. The van der Waals surface area contributed by atoms with Gasteiger partial charge in [-0.3, -0.25) is 0 Å². The topological polar surface area (TPSA) is 51.6 Å². The molecule has 102 valence electrons. The predicted octanol–water partition coefficient (Wildman–Crippen LogP) is 3.87. The van der Waals surface area contributed by atoms with Gasteiger partial charge in [-0.25, -0.2) is 9.97 Å². The van der Waals surface area contributed by atoms with Crippen LogP contribution in [0.1, 0.15) is 5.69 Å². The first-order chi connectivity index (χ1) is 8.88. The van der Waals surface area contributed by atoms with Crippen molar-refractivity contribution in [2.24, 2.45) is 0 Å². The van der Waals surface area contributed by atoms with E-state index in [-0.39, 0.29) is 5.03 Å². The number of rotatable bonds is 3. The molecular weight excluding hydrogens is 341 g/mol. The molecule has 0 aliphatic rings. The predicted molar refractivity (Wildman–Crippen MR) is 67.9 cm³/mol. The summed E-state index contributed by atoms with van der Waals surface area (Å²) in [7, 11) is 0. The van der Waals surface area contributed by atoms with Crippen LogP contribution in [-0.4, -0.2) is 26.4 Å². The Balaban J connectivity index is 2.27. The van der Waals surface area contributed by atoms with Gasteiger partial charge in [-0.05, 0) is 29.6 Å². The molecule has 0 atom stereocenters. The van der Waals surface area contributed by atoms with Gasteiger partial charge in [0, 0.05) is 6.07 Å². The molecule has 0 fully saturated rings. The molecule has 0 aliphatic heterocycles. The molecule has 0 spiro atoms. The van der Waals surface area contributed by atoms with E-state index in [0.717, 1.165) is 22.2 Å². The number of aromatic nitrogens is 4. The molecule has 11 heteroatoms. The van der Waals surface area contributed by atoms with Crippen LogP contribution in [0.15, 0.2) is 19.8 Å². The van der Waals surface area contributed by atoms with Gasteiger partial charge in [0.25, 0.3) is 0 Å². The maximum atomic E-state index is 12.6. The molecule has 0 N–H and O–H groups in total. The lowest BCUT2D eigenvalue weighted by molar-refractivity contribution is -0.141. The number of thioether (sulfide) groups is 1. The Morgan fingerprint density at radius 3 is 2.47 bits per heavy atom. The van der Waals surface area contributed by atoms with Crippen LogP contribution < -0.4 is 0 Å².